The molecule has 0 rings (SSSR count). The number of aliphatic hydroxyl groups is 4. The first-order valence-electron chi connectivity index (χ1n) is 10.4. The lowest BCUT2D eigenvalue weighted by Crippen LogP contribution is -2.61. The molecule has 0 spiro atoms. The molecular weight excluding hydrogens is 318 g/mol. The van der Waals surface area contributed by atoms with Gasteiger partial charge in [-0.1, -0.05) is 53.4 Å². The molecule has 0 fully saturated rings. The van der Waals surface area contributed by atoms with Crippen LogP contribution in [0.5, 0.6) is 0 Å². The van der Waals surface area contributed by atoms with Crippen LogP contribution in [0.2, 0.25) is 0 Å². The standard InChI is InChI=1S/C20H44NO4/c1-5-9-17(22)13-21(14-18(23)10-6-2,15-19(24)11-7-3)16-20(25)12-8-4/h17-20,22-25H,5-16H2,1-4H3/q+1. The van der Waals surface area contributed by atoms with E-state index in [1.165, 1.54) is 0 Å². The fourth-order valence-electron chi connectivity index (χ4n) is 3.93. The van der Waals surface area contributed by atoms with Gasteiger partial charge in [0, 0.05) is 0 Å². The second-order valence-corrected chi connectivity index (χ2v) is 7.84. The molecule has 4 N–H and O–H groups in total. The van der Waals surface area contributed by atoms with Gasteiger partial charge in [0.15, 0.2) is 0 Å². The molecule has 0 aromatic rings. The van der Waals surface area contributed by atoms with Crippen LogP contribution in [-0.4, -0.2) is 75.5 Å². The van der Waals surface area contributed by atoms with E-state index < -0.39 is 24.4 Å². The van der Waals surface area contributed by atoms with Gasteiger partial charge in [-0.3, -0.25) is 0 Å². The summed E-state index contributed by atoms with van der Waals surface area (Å²) < 4.78 is 0.394. The smallest absolute Gasteiger partial charge is 0.105 e. The van der Waals surface area contributed by atoms with Gasteiger partial charge in [0.25, 0.3) is 0 Å². The van der Waals surface area contributed by atoms with Gasteiger partial charge in [-0.2, -0.15) is 0 Å². The van der Waals surface area contributed by atoms with Gasteiger partial charge in [0.05, 0.1) is 0 Å². The van der Waals surface area contributed by atoms with Crippen molar-refractivity contribution >= 4 is 0 Å². The maximum atomic E-state index is 10.5. The lowest BCUT2D eigenvalue weighted by molar-refractivity contribution is -0.939. The Labute approximate surface area is 155 Å². The Kier molecular flexibility index (Phi) is 13.8. The number of rotatable bonds is 16. The van der Waals surface area contributed by atoms with Gasteiger partial charge in [0.2, 0.25) is 0 Å². The molecule has 0 aromatic carbocycles. The number of hydrogen-bond acceptors (Lipinski definition) is 4. The van der Waals surface area contributed by atoms with Crippen LogP contribution in [0.25, 0.3) is 0 Å². The van der Waals surface area contributed by atoms with Crippen molar-refractivity contribution in [1.82, 2.24) is 0 Å². The summed E-state index contributed by atoms with van der Waals surface area (Å²) in [4.78, 5) is 0. The maximum absolute atomic E-state index is 10.5. The van der Waals surface area contributed by atoms with Crippen LogP contribution in [0, 0.1) is 0 Å². The van der Waals surface area contributed by atoms with Gasteiger partial charge < -0.3 is 24.9 Å². The van der Waals surface area contributed by atoms with Crippen molar-refractivity contribution < 1.29 is 24.9 Å². The molecule has 0 bridgehead atoms. The third-order valence-corrected chi connectivity index (χ3v) is 4.88. The highest BCUT2D eigenvalue weighted by molar-refractivity contribution is 4.67. The minimum atomic E-state index is -0.471. The Bertz CT molecular complexity index is 253. The van der Waals surface area contributed by atoms with Gasteiger partial charge in [0.1, 0.15) is 50.6 Å². The van der Waals surface area contributed by atoms with Crippen molar-refractivity contribution in [3.8, 4) is 0 Å². The van der Waals surface area contributed by atoms with E-state index in [-0.39, 0.29) is 0 Å². The Hall–Kier alpha value is -0.200. The van der Waals surface area contributed by atoms with Crippen LogP contribution in [0.1, 0.15) is 79.1 Å². The molecule has 5 nitrogen and oxygen atoms in total. The summed E-state index contributed by atoms with van der Waals surface area (Å²) in [5.41, 5.74) is 0. The molecule has 4 unspecified atom stereocenters. The molecule has 25 heavy (non-hydrogen) atoms. The summed E-state index contributed by atoms with van der Waals surface area (Å²) in [5, 5.41) is 41.8. The van der Waals surface area contributed by atoms with Crippen molar-refractivity contribution in [2.45, 2.75) is 103 Å². The highest BCUT2D eigenvalue weighted by atomic mass is 16.3. The lowest BCUT2D eigenvalue weighted by Gasteiger charge is -2.43. The first-order chi connectivity index (χ1) is 11.8. The van der Waals surface area contributed by atoms with Crippen LogP contribution in [0.4, 0.5) is 0 Å². The second-order valence-electron chi connectivity index (χ2n) is 7.84. The van der Waals surface area contributed by atoms with Crippen molar-refractivity contribution in [3.63, 3.8) is 0 Å². The molecule has 5 heteroatoms. The summed E-state index contributed by atoms with van der Waals surface area (Å²) in [5.74, 6) is 0. The molecule has 0 aliphatic heterocycles. The summed E-state index contributed by atoms with van der Waals surface area (Å²) in [6.45, 7) is 10.1. The predicted octanol–water partition coefficient (Wildman–Crippen LogP) is 2.45. The summed E-state index contributed by atoms with van der Waals surface area (Å²) >= 11 is 0. The van der Waals surface area contributed by atoms with Crippen molar-refractivity contribution in [3.05, 3.63) is 0 Å². The zero-order valence-corrected chi connectivity index (χ0v) is 17.0. The average molecular weight is 363 g/mol. The highest BCUT2D eigenvalue weighted by Gasteiger charge is 2.36. The van der Waals surface area contributed by atoms with Crippen molar-refractivity contribution in [1.29, 1.82) is 0 Å². The minimum absolute atomic E-state index is 0.394. The maximum Gasteiger partial charge on any atom is 0.105 e. The van der Waals surface area contributed by atoms with Crippen LogP contribution in [0.15, 0.2) is 0 Å². The van der Waals surface area contributed by atoms with E-state index in [1.807, 2.05) is 27.7 Å². The molecule has 0 amide bonds. The van der Waals surface area contributed by atoms with E-state index in [2.05, 4.69) is 0 Å². The quantitative estimate of drug-likeness (QED) is 0.318. The fraction of sp³-hybridized carbons (Fsp3) is 1.00. The van der Waals surface area contributed by atoms with Crippen LogP contribution in [-0.2, 0) is 0 Å². The largest absolute Gasteiger partial charge is 0.387 e. The van der Waals surface area contributed by atoms with E-state index in [1.54, 1.807) is 0 Å². The molecule has 0 saturated heterocycles. The first-order valence-corrected chi connectivity index (χ1v) is 10.4. The molecule has 4 atom stereocenters. The number of hydrogen-bond donors (Lipinski definition) is 4. The van der Waals surface area contributed by atoms with E-state index in [9.17, 15) is 20.4 Å². The monoisotopic (exact) mass is 362 g/mol. The van der Waals surface area contributed by atoms with E-state index in [0.29, 0.717) is 56.3 Å². The van der Waals surface area contributed by atoms with Crippen molar-refractivity contribution in [2.24, 2.45) is 0 Å². The topological polar surface area (TPSA) is 80.9 Å². The van der Waals surface area contributed by atoms with Gasteiger partial charge in [-0.05, 0) is 25.7 Å². The highest BCUT2D eigenvalue weighted by Crippen LogP contribution is 2.19. The van der Waals surface area contributed by atoms with Gasteiger partial charge in [-0.15, -0.1) is 0 Å². The molecule has 152 valence electrons. The number of quaternary nitrogens is 1. The Balaban J connectivity index is 5.39. The Morgan fingerprint density at radius 3 is 0.840 bits per heavy atom. The Morgan fingerprint density at radius 2 is 0.680 bits per heavy atom. The second kappa shape index (κ2) is 13.9. The van der Waals surface area contributed by atoms with E-state index >= 15 is 0 Å². The van der Waals surface area contributed by atoms with Crippen LogP contribution >= 0.6 is 0 Å². The molecule has 0 aliphatic carbocycles. The molecule has 0 heterocycles. The number of nitrogens with zero attached hydrogens (tertiary/aromatic N) is 1. The Morgan fingerprint density at radius 1 is 0.480 bits per heavy atom. The van der Waals surface area contributed by atoms with Crippen LogP contribution < -0.4 is 0 Å². The predicted molar refractivity (Wildman–Crippen MR) is 103 cm³/mol. The normalized spacial score (nSPS) is 19.2. The molecule has 0 radical (unpaired) electrons. The molecule has 0 aromatic heterocycles. The third-order valence-electron chi connectivity index (χ3n) is 4.88. The lowest BCUT2D eigenvalue weighted by atomic mass is 10.0. The van der Waals surface area contributed by atoms with Crippen LogP contribution in [0.3, 0.4) is 0 Å². The van der Waals surface area contributed by atoms with E-state index in [0.717, 1.165) is 25.7 Å². The van der Waals surface area contributed by atoms with Gasteiger partial charge >= 0.3 is 0 Å². The summed E-state index contributed by atoms with van der Waals surface area (Å²) in [6, 6.07) is 0. The minimum Gasteiger partial charge on any atom is -0.387 e. The molecule has 0 aliphatic rings. The SMILES string of the molecule is CCCC(O)C[N+](CC(O)CCC)(CC(O)CCC)CC(O)CCC. The van der Waals surface area contributed by atoms with E-state index in [4.69, 9.17) is 0 Å². The fourth-order valence-corrected chi connectivity index (χ4v) is 3.93. The van der Waals surface area contributed by atoms with Crippen molar-refractivity contribution in [2.75, 3.05) is 26.2 Å². The summed E-state index contributed by atoms with van der Waals surface area (Å²) in [7, 11) is 0. The third kappa shape index (κ3) is 11.2. The molecular formula is C20H44NO4+. The number of aliphatic hydroxyl groups excluding tert-OH is 4. The average Bonchev–Trinajstić information content (AvgIpc) is 2.47. The first kappa shape index (κ1) is 24.8. The molecule has 0 saturated carbocycles. The zero-order valence-electron chi connectivity index (χ0n) is 17.0. The van der Waals surface area contributed by atoms with Gasteiger partial charge in [-0.25, -0.2) is 0 Å². The summed E-state index contributed by atoms with van der Waals surface area (Å²) in [6.07, 6.45) is 4.53. The zero-order chi connectivity index (χ0) is 19.3.